The zero-order valence-electron chi connectivity index (χ0n) is 14.7. The van der Waals surface area contributed by atoms with Gasteiger partial charge in [-0.15, -0.1) is 12.4 Å². The van der Waals surface area contributed by atoms with E-state index in [2.05, 4.69) is 10.0 Å². The third kappa shape index (κ3) is 4.16. The molecule has 2 heterocycles. The number of rotatable bonds is 5. The second-order valence-corrected chi connectivity index (χ2v) is 8.55. The van der Waals surface area contributed by atoms with Crippen LogP contribution in [0.2, 0.25) is 0 Å². The van der Waals surface area contributed by atoms with Gasteiger partial charge in [0, 0.05) is 37.3 Å². The topological polar surface area (TPSA) is 78.5 Å². The van der Waals surface area contributed by atoms with Crippen LogP contribution in [0.15, 0.2) is 59.5 Å². The van der Waals surface area contributed by atoms with Gasteiger partial charge in [0.1, 0.15) is 0 Å². The van der Waals surface area contributed by atoms with Crippen LogP contribution in [0.25, 0.3) is 0 Å². The van der Waals surface area contributed by atoms with E-state index in [4.69, 9.17) is 0 Å². The molecule has 0 spiro atoms. The number of nitrogens with zero attached hydrogens (tertiary/aromatic N) is 1. The largest absolute Gasteiger partial charge is 0.333 e. The Balaban J connectivity index is 0.00000210. The molecule has 0 unspecified atom stereocenters. The van der Waals surface area contributed by atoms with Crippen LogP contribution in [0.3, 0.4) is 0 Å². The molecule has 2 fully saturated rings. The lowest BCUT2D eigenvalue weighted by Gasteiger charge is -2.27. The molecular formula is C19H22ClN3O3S. The zero-order valence-corrected chi connectivity index (χ0v) is 16.3. The van der Waals surface area contributed by atoms with E-state index in [0.717, 1.165) is 25.1 Å². The molecular weight excluding hydrogens is 386 g/mol. The van der Waals surface area contributed by atoms with Crippen LogP contribution in [0.5, 0.6) is 0 Å². The minimum absolute atomic E-state index is 0. The number of carbonyl (C=O) groups is 1. The summed E-state index contributed by atoms with van der Waals surface area (Å²) in [6, 6.07) is 16.2. The van der Waals surface area contributed by atoms with Gasteiger partial charge >= 0.3 is 0 Å². The summed E-state index contributed by atoms with van der Waals surface area (Å²) in [5.74, 6) is -0.0276. The predicted molar refractivity (Wildman–Crippen MR) is 105 cm³/mol. The van der Waals surface area contributed by atoms with Crippen LogP contribution in [0, 0.1) is 0 Å². The zero-order chi connectivity index (χ0) is 18.1. The van der Waals surface area contributed by atoms with Gasteiger partial charge in [-0.05, 0) is 36.2 Å². The quantitative estimate of drug-likeness (QED) is 0.791. The van der Waals surface area contributed by atoms with Crippen molar-refractivity contribution in [2.45, 2.75) is 29.9 Å². The fraction of sp³-hybridized carbons (Fsp3) is 0.316. The monoisotopic (exact) mass is 407 g/mol. The molecule has 1 amide bonds. The van der Waals surface area contributed by atoms with Gasteiger partial charge in [0.05, 0.1) is 4.90 Å². The molecule has 2 saturated heterocycles. The Morgan fingerprint density at radius 2 is 1.81 bits per heavy atom. The number of hydrogen-bond acceptors (Lipinski definition) is 4. The van der Waals surface area contributed by atoms with E-state index in [-0.39, 0.29) is 35.8 Å². The first-order chi connectivity index (χ1) is 12.5. The summed E-state index contributed by atoms with van der Waals surface area (Å²) >= 11 is 0. The minimum atomic E-state index is -3.61. The van der Waals surface area contributed by atoms with Crippen LogP contribution >= 0.6 is 12.4 Å². The van der Waals surface area contributed by atoms with E-state index >= 15 is 0 Å². The fourth-order valence-electron chi connectivity index (χ4n) is 3.61. The Morgan fingerprint density at radius 3 is 2.41 bits per heavy atom. The van der Waals surface area contributed by atoms with Gasteiger partial charge < -0.3 is 10.2 Å². The van der Waals surface area contributed by atoms with Crippen molar-refractivity contribution in [3.05, 3.63) is 65.7 Å². The van der Waals surface area contributed by atoms with E-state index in [1.165, 1.54) is 12.1 Å². The third-order valence-electron chi connectivity index (χ3n) is 5.04. The van der Waals surface area contributed by atoms with E-state index in [0.29, 0.717) is 11.6 Å². The number of piperazine rings is 1. The maximum absolute atomic E-state index is 12.6. The lowest BCUT2D eigenvalue weighted by molar-refractivity contribution is 0.0716. The van der Waals surface area contributed by atoms with Crippen LogP contribution in [-0.4, -0.2) is 44.4 Å². The predicted octanol–water partition coefficient (Wildman–Crippen LogP) is 1.77. The molecule has 4 rings (SSSR count). The van der Waals surface area contributed by atoms with Crippen LogP contribution in [0.1, 0.15) is 22.3 Å². The highest BCUT2D eigenvalue weighted by atomic mass is 35.5. The molecule has 2 N–H and O–H groups in total. The molecule has 2 bridgehead atoms. The van der Waals surface area contributed by atoms with Crippen LogP contribution in [0.4, 0.5) is 0 Å². The first-order valence-electron chi connectivity index (χ1n) is 8.71. The minimum Gasteiger partial charge on any atom is -0.333 e. The average Bonchev–Trinajstić information content (AvgIpc) is 3.30. The smallest absolute Gasteiger partial charge is 0.254 e. The Morgan fingerprint density at radius 1 is 1.11 bits per heavy atom. The molecule has 0 saturated carbocycles. The Bertz CT molecular complexity index is 904. The number of amides is 1. The second kappa shape index (κ2) is 7.98. The normalized spacial score (nSPS) is 21.1. The number of nitrogens with one attached hydrogen (secondary N) is 2. The van der Waals surface area contributed by atoms with Gasteiger partial charge in [0.25, 0.3) is 5.91 Å². The first-order valence-corrected chi connectivity index (χ1v) is 10.2. The molecule has 0 aromatic heterocycles. The summed E-state index contributed by atoms with van der Waals surface area (Å²) in [6.45, 7) is 1.79. The number of benzene rings is 2. The summed E-state index contributed by atoms with van der Waals surface area (Å²) in [4.78, 5) is 14.7. The average molecular weight is 408 g/mol. The Kier molecular flexibility index (Phi) is 5.86. The maximum Gasteiger partial charge on any atom is 0.254 e. The number of carbonyl (C=O) groups excluding carboxylic acids is 1. The summed E-state index contributed by atoms with van der Waals surface area (Å²) < 4.78 is 27.5. The molecule has 0 radical (unpaired) electrons. The highest BCUT2D eigenvalue weighted by molar-refractivity contribution is 7.89. The van der Waals surface area contributed by atoms with E-state index in [1.54, 1.807) is 12.1 Å². The van der Waals surface area contributed by atoms with Gasteiger partial charge in [-0.3, -0.25) is 4.79 Å². The van der Waals surface area contributed by atoms with E-state index < -0.39 is 10.0 Å². The van der Waals surface area contributed by atoms with Crippen molar-refractivity contribution in [1.29, 1.82) is 0 Å². The lowest BCUT2D eigenvalue weighted by atomic mass is 10.2. The summed E-state index contributed by atoms with van der Waals surface area (Å²) in [6.07, 6.45) is 1.00. The molecule has 2 aromatic rings. The molecule has 27 heavy (non-hydrogen) atoms. The molecule has 2 aliphatic rings. The summed E-state index contributed by atoms with van der Waals surface area (Å²) in [5, 5.41) is 3.37. The van der Waals surface area contributed by atoms with Crippen molar-refractivity contribution in [3.8, 4) is 0 Å². The first kappa shape index (κ1) is 19.8. The van der Waals surface area contributed by atoms with Gasteiger partial charge in [-0.1, -0.05) is 30.3 Å². The number of fused-ring (bicyclic) bond motifs is 2. The number of halogens is 1. The second-order valence-electron chi connectivity index (χ2n) is 6.79. The van der Waals surface area contributed by atoms with Crippen molar-refractivity contribution >= 4 is 28.3 Å². The summed E-state index contributed by atoms with van der Waals surface area (Å²) in [5.41, 5.74) is 1.42. The van der Waals surface area contributed by atoms with Crippen molar-refractivity contribution in [2.75, 3.05) is 13.1 Å². The standard InChI is InChI=1S/C19H21N3O3S.ClH/c23-19(22-13-16-10-17(22)12-20-16)15-6-8-18(9-7-15)26(24,25)21-11-14-4-2-1-3-5-14;/h1-9,16-17,20-21H,10-13H2;1H/t16-,17-;/m0./s1. The molecule has 2 aliphatic heterocycles. The van der Waals surface area contributed by atoms with Gasteiger partial charge in [0.2, 0.25) is 10.0 Å². The lowest BCUT2D eigenvalue weighted by Crippen LogP contribution is -2.46. The van der Waals surface area contributed by atoms with Crippen molar-refractivity contribution in [2.24, 2.45) is 0 Å². The van der Waals surface area contributed by atoms with E-state index in [1.807, 2.05) is 35.2 Å². The molecule has 0 aliphatic carbocycles. The van der Waals surface area contributed by atoms with Crippen molar-refractivity contribution in [1.82, 2.24) is 14.9 Å². The highest BCUT2D eigenvalue weighted by Crippen LogP contribution is 2.25. The Hall–Kier alpha value is -1.93. The van der Waals surface area contributed by atoms with Crippen molar-refractivity contribution < 1.29 is 13.2 Å². The number of sulfonamides is 1. The molecule has 8 heteroatoms. The molecule has 144 valence electrons. The third-order valence-corrected chi connectivity index (χ3v) is 6.46. The van der Waals surface area contributed by atoms with Crippen LogP contribution in [-0.2, 0) is 16.6 Å². The molecule has 6 nitrogen and oxygen atoms in total. The number of hydrogen-bond donors (Lipinski definition) is 2. The maximum atomic E-state index is 12.6. The van der Waals surface area contributed by atoms with E-state index in [9.17, 15) is 13.2 Å². The number of likely N-dealkylation sites (tertiary alicyclic amines) is 1. The highest BCUT2D eigenvalue weighted by Gasteiger charge is 2.40. The fourth-order valence-corrected chi connectivity index (χ4v) is 4.63. The molecule has 2 atom stereocenters. The van der Waals surface area contributed by atoms with Crippen molar-refractivity contribution in [3.63, 3.8) is 0 Å². The van der Waals surface area contributed by atoms with Gasteiger partial charge in [-0.25, -0.2) is 13.1 Å². The Labute approximate surface area is 165 Å². The van der Waals surface area contributed by atoms with Crippen LogP contribution < -0.4 is 10.0 Å². The summed E-state index contributed by atoms with van der Waals surface area (Å²) in [7, 11) is -3.61. The van der Waals surface area contributed by atoms with Gasteiger partial charge in [0.15, 0.2) is 0 Å². The molecule has 2 aromatic carbocycles. The van der Waals surface area contributed by atoms with Gasteiger partial charge in [-0.2, -0.15) is 0 Å². The SMILES string of the molecule is Cl.O=C(c1ccc(S(=O)(=O)NCc2ccccc2)cc1)N1C[C@@H]2C[C@H]1CN2.